The molecule has 9 nitrogen and oxygen atoms in total. The maximum atomic E-state index is 12.2. The Morgan fingerprint density at radius 1 is 1.06 bits per heavy atom. The fourth-order valence-electron chi connectivity index (χ4n) is 2.81. The molecular weight excluding hydrogens is 468 g/mol. The quantitative estimate of drug-likeness (QED) is 0.302. The molecular formula is C25H40N4O5S. The van der Waals surface area contributed by atoms with E-state index in [1.165, 1.54) is 13.3 Å². The molecule has 5 amide bonds. The molecule has 2 atom stereocenters. The minimum Gasteiger partial charge on any atom is -0.347 e. The number of carbonyl (C=O) groups is 5. The van der Waals surface area contributed by atoms with E-state index in [0.717, 1.165) is 16.9 Å². The third-order valence-electron chi connectivity index (χ3n) is 4.63. The van der Waals surface area contributed by atoms with E-state index in [1.807, 2.05) is 32.9 Å². The minimum absolute atomic E-state index is 0.0225. The van der Waals surface area contributed by atoms with E-state index in [2.05, 4.69) is 42.4 Å². The number of imide groups is 1. The van der Waals surface area contributed by atoms with E-state index in [0.29, 0.717) is 5.69 Å². The predicted molar refractivity (Wildman–Crippen MR) is 141 cm³/mol. The molecule has 1 aromatic rings. The molecule has 2 rings (SSSR count). The summed E-state index contributed by atoms with van der Waals surface area (Å²) in [6.45, 7) is 11.4. The third-order valence-corrected chi connectivity index (χ3v) is 5.03. The summed E-state index contributed by atoms with van der Waals surface area (Å²) in [6.07, 6.45) is 2.05. The van der Waals surface area contributed by atoms with Gasteiger partial charge in [-0.1, -0.05) is 53.2 Å². The molecule has 0 spiro atoms. The Balaban J connectivity index is 0.00000214. The van der Waals surface area contributed by atoms with Crippen molar-refractivity contribution in [1.29, 1.82) is 0 Å². The molecule has 1 aliphatic rings. The molecule has 1 saturated heterocycles. The van der Waals surface area contributed by atoms with Gasteiger partial charge in [0, 0.05) is 25.1 Å². The molecule has 0 aromatic heterocycles. The number of hydrogen-bond donors (Lipinski definition) is 4. The van der Waals surface area contributed by atoms with Crippen LogP contribution in [0.4, 0.5) is 5.69 Å². The monoisotopic (exact) mass is 508 g/mol. The molecule has 1 fully saturated rings. The second-order valence-electron chi connectivity index (χ2n) is 7.67. The standard InChI is InChI=1S/C20H26N4O5S.C3H8.C2H6/c1-3-13-4-6-14(7-5-13)23-19(28)12(2)22-17(26)11-21-16(25)8-9-24-18(27)10-15(30)20(24)29;1-3-2;1-2/h4-7,12,15,30H,3,8-11H2,1-2H3,(H,21,25)(H,22,26)(H,23,28);3H2,1-2H3;1-2H3. The number of aryl methyl sites for hydroxylation is 1. The summed E-state index contributed by atoms with van der Waals surface area (Å²) < 4.78 is 0. The Bertz CT molecular complexity index is 845. The summed E-state index contributed by atoms with van der Waals surface area (Å²) in [5.41, 5.74) is 1.77. The van der Waals surface area contributed by atoms with Gasteiger partial charge in [0.25, 0.3) is 0 Å². The Morgan fingerprint density at radius 3 is 2.11 bits per heavy atom. The first-order chi connectivity index (χ1) is 16.6. The maximum absolute atomic E-state index is 12.2. The minimum atomic E-state index is -0.799. The zero-order valence-electron chi connectivity index (χ0n) is 21.6. The summed E-state index contributed by atoms with van der Waals surface area (Å²) in [5.74, 6) is -2.18. The fourth-order valence-corrected chi connectivity index (χ4v) is 3.11. The number of rotatable bonds is 9. The van der Waals surface area contributed by atoms with Crippen molar-refractivity contribution in [2.45, 2.75) is 78.5 Å². The SMILES string of the molecule is CC.CCC.CCc1ccc(NC(=O)C(C)NC(=O)CNC(=O)CCN2C(=O)CC(S)C2=O)cc1. The zero-order chi connectivity index (χ0) is 27.0. The number of hydrogen-bond acceptors (Lipinski definition) is 6. The lowest BCUT2D eigenvalue weighted by molar-refractivity contribution is -0.138. The van der Waals surface area contributed by atoms with Crippen LogP contribution in [0.5, 0.6) is 0 Å². The van der Waals surface area contributed by atoms with Crippen molar-refractivity contribution in [2.75, 3.05) is 18.4 Å². The largest absolute Gasteiger partial charge is 0.347 e. The van der Waals surface area contributed by atoms with Gasteiger partial charge in [-0.25, -0.2) is 0 Å². The van der Waals surface area contributed by atoms with Gasteiger partial charge in [-0.3, -0.25) is 28.9 Å². The summed E-state index contributed by atoms with van der Waals surface area (Å²) in [7, 11) is 0. The van der Waals surface area contributed by atoms with E-state index in [9.17, 15) is 24.0 Å². The van der Waals surface area contributed by atoms with Gasteiger partial charge in [-0.2, -0.15) is 12.6 Å². The van der Waals surface area contributed by atoms with Crippen LogP contribution in [-0.4, -0.2) is 58.8 Å². The van der Waals surface area contributed by atoms with E-state index >= 15 is 0 Å². The van der Waals surface area contributed by atoms with Crippen LogP contribution in [0.2, 0.25) is 0 Å². The van der Waals surface area contributed by atoms with E-state index in [4.69, 9.17) is 0 Å². The summed E-state index contributed by atoms with van der Waals surface area (Å²) in [5, 5.41) is 6.95. The van der Waals surface area contributed by atoms with E-state index in [-0.39, 0.29) is 37.7 Å². The smallest absolute Gasteiger partial charge is 0.246 e. The number of benzene rings is 1. The normalized spacial score (nSPS) is 15.2. The summed E-state index contributed by atoms with van der Waals surface area (Å²) in [4.78, 5) is 60.4. The number of anilines is 1. The number of carbonyl (C=O) groups excluding carboxylic acids is 5. The van der Waals surface area contributed by atoms with Gasteiger partial charge in [0.2, 0.25) is 29.5 Å². The molecule has 196 valence electrons. The van der Waals surface area contributed by atoms with Crippen LogP contribution in [0, 0.1) is 0 Å². The van der Waals surface area contributed by atoms with Crippen LogP contribution >= 0.6 is 12.6 Å². The highest BCUT2D eigenvalue weighted by Crippen LogP contribution is 2.17. The second-order valence-corrected chi connectivity index (χ2v) is 8.29. The van der Waals surface area contributed by atoms with Crippen LogP contribution in [0.25, 0.3) is 0 Å². The van der Waals surface area contributed by atoms with E-state index < -0.39 is 29.0 Å². The average molecular weight is 509 g/mol. The number of nitrogens with zero attached hydrogens (tertiary/aromatic N) is 1. The zero-order valence-corrected chi connectivity index (χ0v) is 22.5. The lowest BCUT2D eigenvalue weighted by Crippen LogP contribution is -2.46. The molecule has 0 radical (unpaired) electrons. The van der Waals surface area contributed by atoms with Gasteiger partial charge in [-0.15, -0.1) is 0 Å². The first-order valence-corrected chi connectivity index (χ1v) is 12.6. The molecule has 3 N–H and O–H groups in total. The average Bonchev–Trinajstić information content (AvgIpc) is 3.09. The van der Waals surface area contributed by atoms with Gasteiger partial charge in [-0.05, 0) is 31.0 Å². The van der Waals surface area contributed by atoms with Crippen molar-refractivity contribution in [1.82, 2.24) is 15.5 Å². The van der Waals surface area contributed by atoms with Crippen LogP contribution in [0.3, 0.4) is 0 Å². The van der Waals surface area contributed by atoms with Gasteiger partial charge >= 0.3 is 0 Å². The first-order valence-electron chi connectivity index (χ1n) is 12.1. The number of thiol groups is 1. The Labute approximate surface area is 214 Å². The molecule has 0 saturated carbocycles. The highest BCUT2D eigenvalue weighted by molar-refractivity contribution is 7.81. The number of nitrogens with one attached hydrogen (secondary N) is 3. The molecule has 35 heavy (non-hydrogen) atoms. The van der Waals surface area contributed by atoms with Crippen molar-refractivity contribution in [2.24, 2.45) is 0 Å². The van der Waals surface area contributed by atoms with Crippen LogP contribution < -0.4 is 16.0 Å². The van der Waals surface area contributed by atoms with Crippen molar-refractivity contribution >= 4 is 47.9 Å². The summed E-state index contributed by atoms with van der Waals surface area (Å²) in [6, 6.07) is 6.60. The van der Waals surface area contributed by atoms with Gasteiger partial charge < -0.3 is 16.0 Å². The third kappa shape index (κ3) is 11.9. The lowest BCUT2D eigenvalue weighted by Gasteiger charge is -2.15. The molecule has 1 aliphatic heterocycles. The van der Waals surface area contributed by atoms with Crippen molar-refractivity contribution < 1.29 is 24.0 Å². The first kappa shape index (κ1) is 32.1. The Morgan fingerprint density at radius 2 is 1.63 bits per heavy atom. The van der Waals surface area contributed by atoms with E-state index in [1.54, 1.807) is 12.1 Å². The maximum Gasteiger partial charge on any atom is 0.246 e. The highest BCUT2D eigenvalue weighted by Gasteiger charge is 2.36. The van der Waals surface area contributed by atoms with Crippen molar-refractivity contribution in [3.8, 4) is 0 Å². The molecule has 1 heterocycles. The molecule has 0 bridgehead atoms. The lowest BCUT2D eigenvalue weighted by atomic mass is 10.1. The van der Waals surface area contributed by atoms with Crippen molar-refractivity contribution in [3.05, 3.63) is 29.8 Å². The fraction of sp³-hybridized carbons (Fsp3) is 0.560. The Hall–Kier alpha value is -2.88. The molecule has 0 aliphatic carbocycles. The van der Waals surface area contributed by atoms with Gasteiger partial charge in [0.1, 0.15) is 6.04 Å². The number of amides is 5. The van der Waals surface area contributed by atoms with Crippen LogP contribution in [0.1, 0.15) is 66.4 Å². The number of likely N-dealkylation sites (tertiary alicyclic amines) is 1. The van der Waals surface area contributed by atoms with Crippen LogP contribution in [0.15, 0.2) is 24.3 Å². The topological polar surface area (TPSA) is 125 Å². The molecule has 10 heteroatoms. The highest BCUT2D eigenvalue weighted by atomic mass is 32.1. The Kier molecular flexibility index (Phi) is 16.1. The molecule has 2 unspecified atom stereocenters. The van der Waals surface area contributed by atoms with Crippen molar-refractivity contribution in [3.63, 3.8) is 0 Å². The van der Waals surface area contributed by atoms with Gasteiger partial charge in [0.15, 0.2) is 0 Å². The second kappa shape index (κ2) is 17.5. The van der Waals surface area contributed by atoms with Crippen LogP contribution in [-0.2, 0) is 30.4 Å². The summed E-state index contributed by atoms with van der Waals surface area (Å²) >= 11 is 4.01. The van der Waals surface area contributed by atoms with Gasteiger partial charge in [0.05, 0.1) is 11.8 Å². The predicted octanol–water partition coefficient (Wildman–Crippen LogP) is 2.70. The molecule has 1 aromatic carbocycles.